The van der Waals surface area contributed by atoms with Crippen LogP contribution in [0.15, 0.2) is 11.6 Å². The van der Waals surface area contributed by atoms with Crippen LogP contribution in [0.5, 0.6) is 0 Å². The molecule has 1 unspecified atom stereocenters. The number of hydrogen-bond donors (Lipinski definition) is 1. The van der Waals surface area contributed by atoms with Gasteiger partial charge in [0.05, 0.1) is 7.11 Å². The highest BCUT2D eigenvalue weighted by molar-refractivity contribution is 6.07. The first-order chi connectivity index (χ1) is 9.89. The minimum Gasteiger partial charge on any atom is -0.466 e. The maximum atomic E-state index is 12.4. The topological polar surface area (TPSA) is 75.7 Å². The van der Waals surface area contributed by atoms with E-state index in [1.165, 1.54) is 7.11 Å². The molecule has 0 saturated carbocycles. The van der Waals surface area contributed by atoms with Gasteiger partial charge in [0.25, 0.3) is 5.91 Å². The molecule has 0 aromatic heterocycles. The molecule has 0 spiro atoms. The highest BCUT2D eigenvalue weighted by atomic mass is 16.5. The average Bonchev–Trinajstić information content (AvgIpc) is 2.68. The van der Waals surface area contributed by atoms with Crippen molar-refractivity contribution in [1.82, 2.24) is 10.2 Å². The smallest absolute Gasteiger partial charge is 0.333 e. The Labute approximate surface area is 125 Å². The molecule has 1 heterocycles. The van der Waals surface area contributed by atoms with Crippen LogP contribution in [0.1, 0.15) is 46.5 Å². The van der Waals surface area contributed by atoms with Crippen LogP contribution in [0.2, 0.25) is 0 Å². The van der Waals surface area contributed by atoms with Crippen molar-refractivity contribution in [2.75, 3.05) is 13.7 Å². The fraction of sp³-hybridized carbons (Fsp3) is 0.667. The monoisotopic (exact) mass is 296 g/mol. The standard InChI is InChI=1S/C15H24N2O4/c1-5-7-9-15(3)13(19)17(14(20)16-15)10-8-11(6-2)12(18)21-4/h8H,5-7,9-10H2,1-4H3,(H,16,20). The van der Waals surface area contributed by atoms with Crippen molar-refractivity contribution in [1.29, 1.82) is 0 Å². The van der Waals surface area contributed by atoms with Gasteiger partial charge in [-0.3, -0.25) is 9.69 Å². The summed E-state index contributed by atoms with van der Waals surface area (Å²) in [5.74, 6) is -0.671. The molecule has 1 aliphatic heterocycles. The first-order valence-electron chi connectivity index (χ1n) is 7.31. The molecule has 1 atom stereocenters. The number of carbonyl (C=O) groups is 3. The van der Waals surface area contributed by atoms with Gasteiger partial charge in [-0.05, 0) is 19.8 Å². The van der Waals surface area contributed by atoms with Gasteiger partial charge in [-0.2, -0.15) is 0 Å². The molecule has 6 heteroatoms. The van der Waals surface area contributed by atoms with Crippen molar-refractivity contribution in [3.8, 4) is 0 Å². The Morgan fingerprint density at radius 3 is 2.57 bits per heavy atom. The molecule has 1 rings (SSSR count). The molecule has 118 valence electrons. The van der Waals surface area contributed by atoms with Crippen LogP contribution >= 0.6 is 0 Å². The number of urea groups is 1. The Bertz CT molecular complexity index is 459. The first-order valence-corrected chi connectivity index (χ1v) is 7.31. The van der Waals surface area contributed by atoms with E-state index in [4.69, 9.17) is 0 Å². The van der Waals surface area contributed by atoms with Crippen LogP contribution in [-0.2, 0) is 14.3 Å². The quantitative estimate of drug-likeness (QED) is 0.443. The molecule has 0 aliphatic carbocycles. The van der Waals surface area contributed by atoms with Gasteiger partial charge in [-0.15, -0.1) is 0 Å². The molecule has 0 bridgehead atoms. The van der Waals surface area contributed by atoms with E-state index < -0.39 is 17.5 Å². The number of unbranched alkanes of at least 4 members (excludes halogenated alkanes) is 1. The van der Waals surface area contributed by atoms with Crippen molar-refractivity contribution in [2.45, 2.75) is 52.0 Å². The molecular formula is C15H24N2O4. The van der Waals surface area contributed by atoms with E-state index in [2.05, 4.69) is 10.1 Å². The third-order valence-electron chi connectivity index (χ3n) is 3.72. The van der Waals surface area contributed by atoms with E-state index in [0.29, 0.717) is 18.4 Å². The molecule has 1 aliphatic rings. The Morgan fingerprint density at radius 1 is 1.38 bits per heavy atom. The normalized spacial score (nSPS) is 22.5. The zero-order chi connectivity index (χ0) is 16.0. The molecule has 1 N–H and O–H groups in total. The average molecular weight is 296 g/mol. The van der Waals surface area contributed by atoms with Crippen LogP contribution in [-0.4, -0.2) is 42.0 Å². The van der Waals surface area contributed by atoms with E-state index in [1.54, 1.807) is 13.0 Å². The third-order valence-corrected chi connectivity index (χ3v) is 3.72. The summed E-state index contributed by atoms with van der Waals surface area (Å²) in [4.78, 5) is 37.0. The number of rotatable bonds is 7. The SMILES string of the molecule is CCCCC1(C)NC(=O)N(CC=C(CC)C(=O)OC)C1=O. The van der Waals surface area contributed by atoms with Gasteiger partial charge < -0.3 is 10.1 Å². The number of ether oxygens (including phenoxy) is 1. The minimum absolute atomic E-state index is 0.0880. The highest BCUT2D eigenvalue weighted by Crippen LogP contribution is 2.23. The molecule has 3 amide bonds. The summed E-state index contributed by atoms with van der Waals surface area (Å²) < 4.78 is 4.65. The van der Waals surface area contributed by atoms with Crippen molar-refractivity contribution in [2.24, 2.45) is 0 Å². The number of amides is 3. The highest BCUT2D eigenvalue weighted by Gasteiger charge is 2.46. The van der Waals surface area contributed by atoms with Crippen molar-refractivity contribution < 1.29 is 19.1 Å². The summed E-state index contributed by atoms with van der Waals surface area (Å²) in [6.07, 6.45) is 4.51. The number of hydrogen-bond acceptors (Lipinski definition) is 4. The van der Waals surface area contributed by atoms with Gasteiger partial charge in [0.1, 0.15) is 5.54 Å². The fourth-order valence-electron chi connectivity index (χ4n) is 2.32. The first kappa shape index (κ1) is 17.2. The van der Waals surface area contributed by atoms with Crippen LogP contribution in [0.3, 0.4) is 0 Å². The zero-order valence-corrected chi connectivity index (χ0v) is 13.2. The molecule has 1 saturated heterocycles. The number of imide groups is 1. The second-order valence-electron chi connectivity index (χ2n) is 5.36. The van der Waals surface area contributed by atoms with Crippen LogP contribution in [0.4, 0.5) is 4.79 Å². The predicted molar refractivity (Wildman–Crippen MR) is 78.6 cm³/mol. The maximum absolute atomic E-state index is 12.4. The Hall–Kier alpha value is -1.85. The molecule has 0 aromatic carbocycles. The van der Waals surface area contributed by atoms with Crippen molar-refractivity contribution in [3.05, 3.63) is 11.6 Å². The van der Waals surface area contributed by atoms with E-state index in [-0.39, 0.29) is 12.5 Å². The van der Waals surface area contributed by atoms with Crippen LogP contribution < -0.4 is 5.32 Å². The number of carbonyl (C=O) groups excluding carboxylic acids is 3. The molecule has 6 nitrogen and oxygen atoms in total. The lowest BCUT2D eigenvalue weighted by atomic mass is 9.95. The van der Waals surface area contributed by atoms with Gasteiger partial charge in [0, 0.05) is 12.1 Å². The molecule has 21 heavy (non-hydrogen) atoms. The van der Waals surface area contributed by atoms with E-state index in [1.807, 2.05) is 13.8 Å². The third kappa shape index (κ3) is 3.83. The van der Waals surface area contributed by atoms with E-state index in [9.17, 15) is 14.4 Å². The summed E-state index contributed by atoms with van der Waals surface area (Å²) in [6, 6.07) is -0.407. The summed E-state index contributed by atoms with van der Waals surface area (Å²) >= 11 is 0. The molecule has 1 fully saturated rings. The lowest BCUT2D eigenvalue weighted by Crippen LogP contribution is -2.43. The minimum atomic E-state index is -0.835. The molecule has 0 radical (unpaired) electrons. The van der Waals surface area contributed by atoms with Gasteiger partial charge in [-0.25, -0.2) is 9.59 Å². The summed E-state index contributed by atoms with van der Waals surface area (Å²) in [7, 11) is 1.31. The summed E-state index contributed by atoms with van der Waals surface area (Å²) in [5, 5.41) is 2.74. The van der Waals surface area contributed by atoms with Gasteiger partial charge in [0.15, 0.2) is 0 Å². The van der Waals surface area contributed by atoms with Crippen LogP contribution in [0, 0.1) is 0 Å². The lowest BCUT2D eigenvalue weighted by Gasteiger charge is -2.21. The summed E-state index contributed by atoms with van der Waals surface area (Å²) in [5.41, 5.74) is -0.376. The largest absolute Gasteiger partial charge is 0.466 e. The second kappa shape index (κ2) is 7.24. The van der Waals surface area contributed by atoms with Gasteiger partial charge in [0.2, 0.25) is 0 Å². The fourth-order valence-corrected chi connectivity index (χ4v) is 2.32. The molecular weight excluding hydrogens is 272 g/mol. The second-order valence-corrected chi connectivity index (χ2v) is 5.36. The van der Waals surface area contributed by atoms with Crippen molar-refractivity contribution >= 4 is 17.9 Å². The lowest BCUT2D eigenvalue weighted by molar-refractivity contribution is -0.136. The Morgan fingerprint density at radius 2 is 2.05 bits per heavy atom. The predicted octanol–water partition coefficient (Wildman–Crippen LogP) is 2.00. The zero-order valence-electron chi connectivity index (χ0n) is 13.2. The molecule has 0 aromatic rings. The van der Waals surface area contributed by atoms with E-state index >= 15 is 0 Å². The number of esters is 1. The van der Waals surface area contributed by atoms with Crippen LogP contribution in [0.25, 0.3) is 0 Å². The summed E-state index contributed by atoms with van der Waals surface area (Å²) in [6.45, 7) is 5.69. The van der Waals surface area contributed by atoms with Gasteiger partial charge >= 0.3 is 12.0 Å². The number of nitrogens with zero attached hydrogens (tertiary/aromatic N) is 1. The number of nitrogens with one attached hydrogen (secondary N) is 1. The Kier molecular flexibility index (Phi) is 5.93. The van der Waals surface area contributed by atoms with Gasteiger partial charge in [-0.1, -0.05) is 32.8 Å². The van der Waals surface area contributed by atoms with E-state index in [0.717, 1.165) is 17.7 Å². The number of methoxy groups -OCH3 is 1. The Balaban J connectivity index is 2.80. The maximum Gasteiger partial charge on any atom is 0.333 e. The van der Waals surface area contributed by atoms with Crippen molar-refractivity contribution in [3.63, 3.8) is 0 Å².